The van der Waals surface area contributed by atoms with Crippen LogP contribution < -0.4 is 0 Å². The van der Waals surface area contributed by atoms with Crippen LogP contribution in [0.1, 0.15) is 33.4 Å². The summed E-state index contributed by atoms with van der Waals surface area (Å²) in [6.45, 7) is 2.97. The van der Waals surface area contributed by atoms with Gasteiger partial charge >= 0.3 is 0 Å². The van der Waals surface area contributed by atoms with Crippen LogP contribution in [0.5, 0.6) is 0 Å². The highest BCUT2D eigenvalue weighted by molar-refractivity contribution is 5.77. The van der Waals surface area contributed by atoms with Crippen LogP contribution in [0, 0.1) is 70.8 Å². The van der Waals surface area contributed by atoms with Crippen molar-refractivity contribution in [2.75, 3.05) is 0 Å². The van der Waals surface area contributed by atoms with Crippen molar-refractivity contribution in [2.24, 2.45) is 0 Å². The van der Waals surface area contributed by atoms with Crippen LogP contribution in [-0.4, -0.2) is 0 Å². The number of halogens is 2. The van der Waals surface area contributed by atoms with E-state index in [1.54, 1.807) is 24.3 Å². The van der Waals surface area contributed by atoms with E-state index in [9.17, 15) is 8.78 Å². The largest absolute Gasteiger partial charge is 0.204 e. The molecule has 0 saturated carbocycles. The highest BCUT2D eigenvalue weighted by Gasteiger charge is 2.21. The van der Waals surface area contributed by atoms with Gasteiger partial charge in [0.25, 0.3) is 0 Å². The normalized spacial score (nSPS) is 9.50. The summed E-state index contributed by atoms with van der Waals surface area (Å²) in [5, 5.41) is 36.4. The monoisotopic (exact) mass is 318 g/mol. The van der Waals surface area contributed by atoms with Gasteiger partial charge in [-0.25, -0.2) is 8.78 Å². The molecule has 2 rings (SSSR count). The Morgan fingerprint density at radius 1 is 0.667 bits per heavy atom. The number of hydrogen-bond donors (Lipinski definition) is 0. The number of rotatable bonds is 1. The van der Waals surface area contributed by atoms with Crippen LogP contribution in [0.4, 0.5) is 8.78 Å². The summed E-state index contributed by atoms with van der Waals surface area (Å²) in [5.74, 6) is -1.86. The lowest BCUT2D eigenvalue weighted by Gasteiger charge is -2.14. The molecule has 0 heterocycles. The molecule has 0 spiro atoms. The summed E-state index contributed by atoms with van der Waals surface area (Å²) < 4.78 is 28.2. The van der Waals surface area contributed by atoms with Gasteiger partial charge in [0, 0.05) is 0 Å². The van der Waals surface area contributed by atoms with Crippen molar-refractivity contribution in [1.82, 2.24) is 0 Å². The number of hydrogen-bond acceptors (Lipinski definition) is 4. The van der Waals surface area contributed by atoms with Gasteiger partial charge in [0.2, 0.25) is 0 Å². The second kappa shape index (κ2) is 6.17. The maximum atomic E-state index is 14.1. The standard InChI is InChI=1S/C18H8F2N4/c1-9-13(3-11(5-21)17(19)15(9)7-23)14-4-12(6-22)18(20)16(8-24)10(14)2/h3-4H,1-2H3. The third-order valence-electron chi connectivity index (χ3n) is 3.80. The smallest absolute Gasteiger partial charge is 0.158 e. The summed E-state index contributed by atoms with van der Waals surface area (Å²) in [7, 11) is 0. The lowest BCUT2D eigenvalue weighted by Crippen LogP contribution is -2.02. The van der Waals surface area contributed by atoms with Gasteiger partial charge in [-0.1, -0.05) is 0 Å². The molecule has 0 atom stereocenters. The summed E-state index contributed by atoms with van der Waals surface area (Å²) >= 11 is 0. The maximum absolute atomic E-state index is 14.1. The Bertz CT molecular complexity index is 956. The Morgan fingerprint density at radius 3 is 1.25 bits per heavy atom. The average Bonchev–Trinajstić information content (AvgIpc) is 2.57. The predicted molar refractivity (Wildman–Crippen MR) is 80.1 cm³/mol. The molecule has 0 aliphatic heterocycles. The predicted octanol–water partition coefficient (Wildman–Crippen LogP) is 3.74. The first kappa shape index (κ1) is 16.6. The Labute approximate surface area is 137 Å². The molecular formula is C18H8F2N4. The summed E-state index contributed by atoms with van der Waals surface area (Å²) in [5.41, 5.74) is -0.187. The molecule has 24 heavy (non-hydrogen) atoms. The molecule has 4 nitrogen and oxygen atoms in total. The molecule has 0 amide bonds. The van der Waals surface area contributed by atoms with Crippen LogP contribution in [0.25, 0.3) is 11.1 Å². The highest BCUT2D eigenvalue weighted by Crippen LogP contribution is 2.34. The molecular weight excluding hydrogens is 310 g/mol. The topological polar surface area (TPSA) is 95.2 Å². The molecule has 0 radical (unpaired) electrons. The fourth-order valence-electron chi connectivity index (χ4n) is 2.49. The van der Waals surface area contributed by atoms with Crippen molar-refractivity contribution in [1.29, 1.82) is 21.0 Å². The maximum Gasteiger partial charge on any atom is 0.158 e. The number of benzene rings is 2. The SMILES string of the molecule is Cc1c(-c2cc(C#N)c(F)c(C#N)c2C)cc(C#N)c(F)c1C#N. The van der Waals surface area contributed by atoms with Gasteiger partial charge in [0.05, 0.1) is 22.3 Å². The quantitative estimate of drug-likeness (QED) is 0.800. The molecule has 0 fully saturated rings. The molecule has 2 aromatic carbocycles. The van der Waals surface area contributed by atoms with Crippen LogP contribution in [0.15, 0.2) is 12.1 Å². The minimum absolute atomic E-state index is 0.247. The lowest BCUT2D eigenvalue weighted by molar-refractivity contribution is 0.617. The highest BCUT2D eigenvalue weighted by atomic mass is 19.1. The van der Waals surface area contributed by atoms with Crippen molar-refractivity contribution in [3.05, 3.63) is 57.1 Å². The van der Waals surface area contributed by atoms with E-state index in [1.807, 2.05) is 0 Å². The Balaban J connectivity index is 3.00. The van der Waals surface area contributed by atoms with E-state index in [0.717, 1.165) is 0 Å². The zero-order valence-electron chi connectivity index (χ0n) is 12.7. The first-order valence-electron chi connectivity index (χ1n) is 6.68. The lowest BCUT2D eigenvalue weighted by atomic mass is 9.88. The third kappa shape index (κ3) is 2.34. The fourth-order valence-corrected chi connectivity index (χ4v) is 2.49. The van der Waals surface area contributed by atoms with Crippen LogP contribution >= 0.6 is 0 Å². The Morgan fingerprint density at radius 2 is 1.00 bits per heavy atom. The van der Waals surface area contributed by atoms with E-state index < -0.39 is 11.6 Å². The Hall–Kier alpha value is -3.74. The van der Waals surface area contributed by atoms with E-state index in [1.165, 1.54) is 26.0 Å². The van der Waals surface area contributed by atoms with E-state index in [-0.39, 0.29) is 33.4 Å². The van der Waals surface area contributed by atoms with E-state index >= 15 is 0 Å². The molecule has 0 aliphatic rings. The van der Waals surface area contributed by atoms with E-state index in [4.69, 9.17) is 21.0 Å². The van der Waals surface area contributed by atoms with E-state index in [0.29, 0.717) is 11.1 Å². The van der Waals surface area contributed by atoms with Gasteiger partial charge in [-0.3, -0.25) is 0 Å². The van der Waals surface area contributed by atoms with Gasteiger partial charge in [-0.15, -0.1) is 0 Å². The molecule has 0 aromatic heterocycles. The molecule has 0 bridgehead atoms. The van der Waals surface area contributed by atoms with Gasteiger partial charge in [0.15, 0.2) is 11.6 Å². The van der Waals surface area contributed by atoms with Gasteiger partial charge in [0.1, 0.15) is 24.3 Å². The zero-order valence-corrected chi connectivity index (χ0v) is 12.7. The van der Waals surface area contributed by atoms with Gasteiger partial charge < -0.3 is 0 Å². The van der Waals surface area contributed by atoms with Gasteiger partial charge in [-0.05, 0) is 48.2 Å². The Kier molecular flexibility index (Phi) is 4.28. The average molecular weight is 318 g/mol. The molecule has 114 valence electrons. The summed E-state index contributed by atoms with van der Waals surface area (Å²) in [6.07, 6.45) is 0. The first-order valence-corrected chi connectivity index (χ1v) is 6.68. The molecule has 0 saturated heterocycles. The number of nitriles is 4. The second-order valence-electron chi connectivity index (χ2n) is 5.02. The van der Waals surface area contributed by atoms with Gasteiger partial charge in [-0.2, -0.15) is 21.0 Å². The molecule has 2 aromatic rings. The summed E-state index contributed by atoms with van der Waals surface area (Å²) in [6, 6.07) is 9.20. The van der Waals surface area contributed by atoms with Crippen molar-refractivity contribution in [3.63, 3.8) is 0 Å². The minimum Gasteiger partial charge on any atom is -0.204 e. The minimum atomic E-state index is -0.929. The van der Waals surface area contributed by atoms with Crippen LogP contribution in [0.3, 0.4) is 0 Å². The fraction of sp³-hybridized carbons (Fsp3) is 0.111. The van der Waals surface area contributed by atoms with Crippen molar-refractivity contribution < 1.29 is 8.78 Å². The molecule has 0 N–H and O–H groups in total. The molecule has 0 aliphatic carbocycles. The third-order valence-corrected chi connectivity index (χ3v) is 3.80. The van der Waals surface area contributed by atoms with Crippen molar-refractivity contribution in [2.45, 2.75) is 13.8 Å². The summed E-state index contributed by atoms with van der Waals surface area (Å²) in [4.78, 5) is 0. The van der Waals surface area contributed by atoms with E-state index in [2.05, 4.69) is 0 Å². The number of nitrogens with zero attached hydrogens (tertiary/aromatic N) is 4. The zero-order chi connectivity index (χ0) is 18.0. The molecule has 6 heteroatoms. The van der Waals surface area contributed by atoms with Crippen LogP contribution in [0.2, 0.25) is 0 Å². The van der Waals surface area contributed by atoms with Crippen molar-refractivity contribution >= 4 is 0 Å². The second-order valence-corrected chi connectivity index (χ2v) is 5.02. The molecule has 0 unspecified atom stereocenters. The van der Waals surface area contributed by atoms with Crippen molar-refractivity contribution in [3.8, 4) is 35.4 Å². The first-order chi connectivity index (χ1) is 11.4. The van der Waals surface area contributed by atoms with Crippen LogP contribution in [-0.2, 0) is 0 Å².